The molecule has 2 aromatic heterocycles. The summed E-state index contributed by atoms with van der Waals surface area (Å²) in [7, 11) is 0. The fourth-order valence-corrected chi connectivity index (χ4v) is 3.22. The Morgan fingerprint density at radius 1 is 1.30 bits per heavy atom. The summed E-state index contributed by atoms with van der Waals surface area (Å²) in [6.45, 7) is 2.51. The SMILES string of the molecule is Cc1ncsc1CCNC(=O)c1ccc(-c2ccccc2Cl)o1. The summed E-state index contributed by atoms with van der Waals surface area (Å²) in [5.74, 6) is 0.630. The molecule has 1 amide bonds. The number of halogens is 1. The van der Waals surface area contributed by atoms with Gasteiger partial charge in [0.1, 0.15) is 5.76 Å². The fourth-order valence-electron chi connectivity index (χ4n) is 2.21. The Morgan fingerprint density at radius 3 is 2.87 bits per heavy atom. The molecule has 0 spiro atoms. The molecule has 4 nitrogen and oxygen atoms in total. The van der Waals surface area contributed by atoms with Gasteiger partial charge in [0.15, 0.2) is 5.76 Å². The summed E-state index contributed by atoms with van der Waals surface area (Å²) < 4.78 is 5.62. The Hall–Kier alpha value is -2.11. The number of hydrogen-bond donors (Lipinski definition) is 1. The van der Waals surface area contributed by atoms with Gasteiger partial charge in [0, 0.05) is 23.4 Å². The number of hydrogen-bond acceptors (Lipinski definition) is 4. The van der Waals surface area contributed by atoms with Gasteiger partial charge in [0.05, 0.1) is 16.2 Å². The van der Waals surface area contributed by atoms with Gasteiger partial charge in [-0.2, -0.15) is 0 Å². The summed E-state index contributed by atoms with van der Waals surface area (Å²) in [4.78, 5) is 17.5. The molecule has 0 atom stereocenters. The first kappa shape index (κ1) is 15.8. The number of benzene rings is 1. The quantitative estimate of drug-likeness (QED) is 0.747. The molecule has 0 bridgehead atoms. The van der Waals surface area contributed by atoms with E-state index in [1.807, 2.05) is 30.6 Å². The molecular formula is C17H15ClN2O2S. The Morgan fingerprint density at radius 2 is 2.13 bits per heavy atom. The molecule has 118 valence electrons. The maximum atomic E-state index is 12.1. The molecule has 1 N–H and O–H groups in total. The lowest BCUT2D eigenvalue weighted by molar-refractivity contribution is 0.0927. The van der Waals surface area contributed by atoms with Crippen LogP contribution in [0.2, 0.25) is 5.02 Å². The van der Waals surface area contributed by atoms with Crippen molar-refractivity contribution in [3.05, 3.63) is 63.3 Å². The summed E-state index contributed by atoms with van der Waals surface area (Å²) in [5, 5.41) is 3.45. The number of amides is 1. The van der Waals surface area contributed by atoms with Crippen molar-refractivity contribution in [2.45, 2.75) is 13.3 Å². The van der Waals surface area contributed by atoms with Crippen molar-refractivity contribution in [1.82, 2.24) is 10.3 Å². The van der Waals surface area contributed by atoms with Crippen molar-refractivity contribution in [1.29, 1.82) is 0 Å². The Kier molecular flexibility index (Phi) is 4.79. The maximum absolute atomic E-state index is 12.1. The second-order valence-electron chi connectivity index (χ2n) is 5.01. The highest BCUT2D eigenvalue weighted by Gasteiger charge is 2.13. The minimum atomic E-state index is -0.231. The Balaban J connectivity index is 1.63. The van der Waals surface area contributed by atoms with E-state index in [0.29, 0.717) is 17.3 Å². The molecule has 0 aliphatic heterocycles. The van der Waals surface area contributed by atoms with Gasteiger partial charge in [0.2, 0.25) is 0 Å². The third kappa shape index (κ3) is 3.63. The van der Waals surface area contributed by atoms with Crippen LogP contribution in [0.1, 0.15) is 21.1 Å². The smallest absolute Gasteiger partial charge is 0.287 e. The van der Waals surface area contributed by atoms with Gasteiger partial charge < -0.3 is 9.73 Å². The average Bonchev–Trinajstić information content (AvgIpc) is 3.17. The van der Waals surface area contributed by atoms with Crippen molar-refractivity contribution < 1.29 is 9.21 Å². The highest BCUT2D eigenvalue weighted by molar-refractivity contribution is 7.09. The van der Waals surface area contributed by atoms with E-state index < -0.39 is 0 Å². The van der Waals surface area contributed by atoms with E-state index in [2.05, 4.69) is 10.3 Å². The second kappa shape index (κ2) is 6.98. The van der Waals surface area contributed by atoms with Crippen LogP contribution in [0.25, 0.3) is 11.3 Å². The van der Waals surface area contributed by atoms with Crippen LogP contribution in [0.4, 0.5) is 0 Å². The zero-order chi connectivity index (χ0) is 16.2. The topological polar surface area (TPSA) is 55.1 Å². The third-order valence-electron chi connectivity index (χ3n) is 3.45. The van der Waals surface area contributed by atoms with Gasteiger partial charge in [-0.1, -0.05) is 23.7 Å². The van der Waals surface area contributed by atoms with Gasteiger partial charge >= 0.3 is 0 Å². The van der Waals surface area contributed by atoms with E-state index in [9.17, 15) is 4.79 Å². The molecule has 2 heterocycles. The van der Waals surface area contributed by atoms with E-state index in [-0.39, 0.29) is 11.7 Å². The number of nitrogens with one attached hydrogen (secondary N) is 1. The molecule has 3 aromatic rings. The van der Waals surface area contributed by atoms with Crippen LogP contribution in [0.15, 0.2) is 46.3 Å². The fraction of sp³-hybridized carbons (Fsp3) is 0.176. The van der Waals surface area contributed by atoms with E-state index in [1.54, 1.807) is 29.5 Å². The number of rotatable bonds is 5. The minimum absolute atomic E-state index is 0.231. The summed E-state index contributed by atoms with van der Waals surface area (Å²) in [6, 6.07) is 10.8. The zero-order valence-corrected chi connectivity index (χ0v) is 14.1. The van der Waals surface area contributed by atoms with Gasteiger partial charge in [-0.25, -0.2) is 4.98 Å². The number of carbonyl (C=O) groups excluding carboxylic acids is 1. The van der Waals surface area contributed by atoms with Crippen molar-refractivity contribution in [2.75, 3.05) is 6.54 Å². The standard InChI is InChI=1S/C17H15ClN2O2S/c1-11-16(23-10-20-11)8-9-19-17(21)15-7-6-14(22-15)12-4-2-3-5-13(12)18/h2-7,10H,8-9H2,1H3,(H,19,21). The largest absolute Gasteiger partial charge is 0.451 e. The molecule has 6 heteroatoms. The summed E-state index contributed by atoms with van der Waals surface area (Å²) in [6.07, 6.45) is 0.764. The second-order valence-corrected chi connectivity index (χ2v) is 6.36. The van der Waals surface area contributed by atoms with E-state index >= 15 is 0 Å². The van der Waals surface area contributed by atoms with Crippen molar-refractivity contribution in [3.63, 3.8) is 0 Å². The van der Waals surface area contributed by atoms with Crippen molar-refractivity contribution in [2.24, 2.45) is 0 Å². The first-order valence-electron chi connectivity index (χ1n) is 7.17. The van der Waals surface area contributed by atoms with Gasteiger partial charge in [-0.3, -0.25) is 4.79 Å². The molecule has 23 heavy (non-hydrogen) atoms. The number of carbonyl (C=O) groups is 1. The monoisotopic (exact) mass is 346 g/mol. The highest BCUT2D eigenvalue weighted by atomic mass is 35.5. The Labute approximate surface area is 143 Å². The lowest BCUT2D eigenvalue weighted by Crippen LogP contribution is -2.25. The first-order valence-corrected chi connectivity index (χ1v) is 8.43. The molecule has 0 saturated heterocycles. The average molecular weight is 347 g/mol. The van der Waals surface area contributed by atoms with Crippen LogP contribution >= 0.6 is 22.9 Å². The number of aryl methyl sites for hydroxylation is 1. The van der Waals surface area contributed by atoms with E-state index in [1.165, 1.54) is 4.88 Å². The van der Waals surface area contributed by atoms with Gasteiger partial charge in [-0.15, -0.1) is 11.3 Å². The molecule has 0 aliphatic carbocycles. The normalized spacial score (nSPS) is 10.7. The van der Waals surface area contributed by atoms with Crippen LogP contribution in [0.3, 0.4) is 0 Å². The maximum Gasteiger partial charge on any atom is 0.287 e. The van der Waals surface area contributed by atoms with E-state index in [4.69, 9.17) is 16.0 Å². The minimum Gasteiger partial charge on any atom is -0.451 e. The summed E-state index contributed by atoms with van der Waals surface area (Å²) in [5.41, 5.74) is 3.60. The van der Waals surface area contributed by atoms with Crippen molar-refractivity contribution in [3.8, 4) is 11.3 Å². The number of thiazole rings is 1. The number of aromatic nitrogens is 1. The molecule has 0 fully saturated rings. The van der Waals surface area contributed by atoms with Crippen LogP contribution < -0.4 is 5.32 Å². The van der Waals surface area contributed by atoms with Crippen LogP contribution in [-0.4, -0.2) is 17.4 Å². The predicted octanol–water partition coefficient (Wildman–Crippen LogP) is 4.34. The van der Waals surface area contributed by atoms with Crippen LogP contribution in [0.5, 0.6) is 0 Å². The first-order chi connectivity index (χ1) is 11.1. The molecule has 0 saturated carbocycles. The summed E-state index contributed by atoms with van der Waals surface area (Å²) >= 11 is 7.74. The molecule has 3 rings (SSSR count). The Bertz CT molecular complexity index is 825. The molecule has 0 aliphatic rings. The molecule has 0 radical (unpaired) electrons. The van der Waals surface area contributed by atoms with Crippen LogP contribution in [-0.2, 0) is 6.42 Å². The zero-order valence-electron chi connectivity index (χ0n) is 12.5. The lowest BCUT2D eigenvalue weighted by atomic mass is 10.2. The predicted molar refractivity (Wildman–Crippen MR) is 92.0 cm³/mol. The molecule has 0 unspecified atom stereocenters. The van der Waals surface area contributed by atoms with E-state index in [0.717, 1.165) is 17.7 Å². The van der Waals surface area contributed by atoms with Crippen LogP contribution in [0, 0.1) is 6.92 Å². The lowest BCUT2D eigenvalue weighted by Gasteiger charge is -2.03. The number of furan rings is 1. The van der Waals surface area contributed by atoms with Crippen molar-refractivity contribution >= 4 is 28.8 Å². The van der Waals surface area contributed by atoms with Gasteiger partial charge in [-0.05, 0) is 31.2 Å². The van der Waals surface area contributed by atoms with Gasteiger partial charge in [0.25, 0.3) is 5.91 Å². The third-order valence-corrected chi connectivity index (χ3v) is 4.78. The highest BCUT2D eigenvalue weighted by Crippen LogP contribution is 2.28. The molecule has 1 aromatic carbocycles. The molecular weight excluding hydrogens is 332 g/mol. The number of nitrogens with zero attached hydrogens (tertiary/aromatic N) is 1.